The number of hydrogen-bond donors (Lipinski definition) is 0. The third-order valence-electron chi connectivity index (χ3n) is 3.90. The Morgan fingerprint density at radius 3 is 1.03 bits per heavy atom. The van der Waals surface area contributed by atoms with Crippen LogP contribution in [0.15, 0.2) is 0 Å². The van der Waals surface area contributed by atoms with Crippen LogP contribution in [0.5, 0.6) is 0 Å². The molecule has 0 unspecified atom stereocenters. The number of hydrogen-bond acceptors (Lipinski definition) is 2. The molecule has 0 N–H and O–H groups in total. The van der Waals surface area contributed by atoms with Gasteiger partial charge in [-0.25, -0.2) is 0 Å². The summed E-state index contributed by atoms with van der Waals surface area (Å²) in [5.41, 5.74) is 0. The fraction of sp³-hybridized carbons (Fsp3) is 0.923. The van der Waals surface area contributed by atoms with E-state index in [2.05, 4.69) is 4.74 Å². The number of esters is 1. The van der Waals surface area contributed by atoms with Crippen molar-refractivity contribution in [2.24, 2.45) is 0 Å². The molecule has 0 spiro atoms. The van der Waals surface area contributed by atoms with Gasteiger partial charge in [-0.3, -0.25) is 4.79 Å². The molecule has 0 saturated heterocycles. The molecular formula is C13H7F19O2. The van der Waals surface area contributed by atoms with Crippen molar-refractivity contribution in [3.05, 3.63) is 0 Å². The minimum absolute atomic E-state index is 0.401. The zero-order valence-corrected chi connectivity index (χ0v) is 15.4. The molecule has 0 fully saturated rings. The second-order valence-electron chi connectivity index (χ2n) is 6.31. The molecule has 0 amide bonds. The first-order valence-corrected chi connectivity index (χ1v) is 7.64. The van der Waals surface area contributed by atoms with E-state index in [0.29, 0.717) is 6.92 Å². The van der Waals surface area contributed by atoms with E-state index >= 15 is 0 Å². The Balaban J connectivity index is 6.68. The summed E-state index contributed by atoms with van der Waals surface area (Å²) in [6, 6.07) is 0. The Morgan fingerprint density at radius 1 is 0.500 bits per heavy atom. The second-order valence-corrected chi connectivity index (χ2v) is 6.31. The highest BCUT2D eigenvalue weighted by molar-refractivity contribution is 5.65. The van der Waals surface area contributed by atoms with Crippen LogP contribution in [0, 0.1) is 0 Å². The van der Waals surface area contributed by atoms with Gasteiger partial charge in [0.25, 0.3) is 0 Å². The predicted octanol–water partition coefficient (Wildman–Crippen LogP) is 6.58. The molecule has 0 bridgehead atoms. The first-order chi connectivity index (χ1) is 14.4. The van der Waals surface area contributed by atoms with Crippen molar-refractivity contribution in [2.75, 3.05) is 6.61 Å². The highest BCUT2D eigenvalue weighted by Gasteiger charge is 2.96. The van der Waals surface area contributed by atoms with E-state index < -0.39 is 72.6 Å². The number of carbonyl (C=O) groups excluding carboxylic acids is 1. The highest BCUT2D eigenvalue weighted by atomic mass is 19.4. The van der Waals surface area contributed by atoms with Crippen molar-refractivity contribution < 1.29 is 92.9 Å². The summed E-state index contributed by atoms with van der Waals surface area (Å²) < 4.78 is 251. The minimum Gasteiger partial charge on any atom is -0.466 e. The summed E-state index contributed by atoms with van der Waals surface area (Å²) in [4.78, 5) is 10.3. The standard InChI is InChI=1S/C13H7F19O2/c1-4(33)34-3-2-5(14,15)6(16,17)7(18,19)8(20,21)9(22,23)10(24,25)11(26,27)12(28,29)13(30,31)32/h2-3H2,1H3. The summed E-state index contributed by atoms with van der Waals surface area (Å²) in [7, 11) is 0. The van der Waals surface area contributed by atoms with E-state index in [0.717, 1.165) is 0 Å². The predicted molar refractivity (Wildman–Crippen MR) is 66.9 cm³/mol. The lowest BCUT2D eigenvalue weighted by Crippen LogP contribution is -2.75. The van der Waals surface area contributed by atoms with Gasteiger partial charge in [-0.15, -0.1) is 0 Å². The van der Waals surface area contributed by atoms with Crippen LogP contribution in [-0.2, 0) is 9.53 Å². The lowest BCUT2D eigenvalue weighted by molar-refractivity contribution is -0.468. The molecule has 204 valence electrons. The summed E-state index contributed by atoms with van der Waals surface area (Å²) in [6.45, 7) is -1.61. The molecule has 0 rings (SSSR count). The molecule has 0 radical (unpaired) electrons. The number of rotatable bonds is 10. The van der Waals surface area contributed by atoms with Gasteiger partial charge in [0.1, 0.15) is 0 Å². The molecule has 0 aliphatic heterocycles. The number of alkyl halides is 19. The summed E-state index contributed by atoms with van der Waals surface area (Å²) in [5.74, 6) is -68.4. The van der Waals surface area contributed by atoms with Crippen molar-refractivity contribution in [1.82, 2.24) is 0 Å². The van der Waals surface area contributed by atoms with E-state index in [9.17, 15) is 88.2 Å². The van der Waals surface area contributed by atoms with Crippen molar-refractivity contribution in [3.63, 3.8) is 0 Å². The van der Waals surface area contributed by atoms with Crippen molar-refractivity contribution >= 4 is 5.97 Å². The van der Waals surface area contributed by atoms with Gasteiger partial charge < -0.3 is 4.74 Å². The van der Waals surface area contributed by atoms with Crippen LogP contribution < -0.4 is 0 Å². The van der Waals surface area contributed by atoms with Crippen LogP contribution in [0.1, 0.15) is 13.3 Å². The van der Waals surface area contributed by atoms with Gasteiger partial charge in [0.05, 0.1) is 13.0 Å². The molecular weight excluding hydrogens is 549 g/mol. The largest absolute Gasteiger partial charge is 0.466 e. The monoisotopic (exact) mass is 556 g/mol. The zero-order chi connectivity index (χ0) is 28.2. The van der Waals surface area contributed by atoms with E-state index in [1.54, 1.807) is 0 Å². The van der Waals surface area contributed by atoms with Crippen LogP contribution in [0.3, 0.4) is 0 Å². The van der Waals surface area contributed by atoms with Crippen LogP contribution in [0.25, 0.3) is 0 Å². The molecule has 0 aromatic carbocycles. The van der Waals surface area contributed by atoms with Crippen LogP contribution >= 0.6 is 0 Å². The molecule has 0 aromatic heterocycles. The highest BCUT2D eigenvalue weighted by Crippen LogP contribution is 2.65. The SMILES string of the molecule is CC(=O)OCCC(F)(F)C(F)(F)C(F)(F)C(F)(F)C(F)(F)C(F)(F)C(F)(F)C(F)(F)C(F)(F)F. The Morgan fingerprint density at radius 2 is 0.765 bits per heavy atom. The van der Waals surface area contributed by atoms with Crippen LogP contribution in [0.2, 0.25) is 0 Å². The first-order valence-electron chi connectivity index (χ1n) is 7.64. The summed E-state index contributed by atoms with van der Waals surface area (Å²) in [5, 5.41) is 0. The molecule has 0 saturated carbocycles. The third-order valence-corrected chi connectivity index (χ3v) is 3.90. The van der Waals surface area contributed by atoms with Gasteiger partial charge in [0, 0.05) is 6.92 Å². The van der Waals surface area contributed by atoms with E-state index in [1.165, 1.54) is 0 Å². The topological polar surface area (TPSA) is 26.3 Å². The molecule has 0 aromatic rings. The molecule has 0 atom stereocenters. The average molecular weight is 556 g/mol. The molecule has 0 heterocycles. The number of carbonyl (C=O) groups is 1. The molecule has 0 aliphatic rings. The molecule has 21 heteroatoms. The van der Waals surface area contributed by atoms with Crippen LogP contribution in [-0.4, -0.2) is 66.1 Å². The Hall–Kier alpha value is -1.86. The van der Waals surface area contributed by atoms with Gasteiger partial charge >= 0.3 is 59.5 Å². The lowest BCUT2D eigenvalue weighted by atomic mass is 9.87. The maximum absolute atomic E-state index is 13.4. The first kappa shape index (κ1) is 32.1. The Labute approximate surface area is 174 Å². The third kappa shape index (κ3) is 4.30. The fourth-order valence-electron chi connectivity index (χ4n) is 1.87. The summed E-state index contributed by atoms with van der Waals surface area (Å²) >= 11 is 0. The van der Waals surface area contributed by atoms with Gasteiger partial charge in [0.15, 0.2) is 0 Å². The molecule has 0 aliphatic carbocycles. The fourth-order valence-corrected chi connectivity index (χ4v) is 1.87. The number of ether oxygens (including phenoxy) is 1. The van der Waals surface area contributed by atoms with Gasteiger partial charge in [-0.05, 0) is 0 Å². The average Bonchev–Trinajstić information content (AvgIpc) is 2.58. The Bertz CT molecular complexity index is 750. The van der Waals surface area contributed by atoms with Crippen molar-refractivity contribution in [2.45, 2.75) is 66.9 Å². The summed E-state index contributed by atoms with van der Waals surface area (Å²) in [6.07, 6.45) is -10.8. The Kier molecular flexibility index (Phi) is 7.91. The van der Waals surface area contributed by atoms with Gasteiger partial charge in [0.2, 0.25) is 0 Å². The smallest absolute Gasteiger partial charge is 0.460 e. The lowest BCUT2D eigenvalue weighted by Gasteiger charge is -2.43. The normalized spacial score (nSPS) is 16.0. The zero-order valence-electron chi connectivity index (χ0n) is 15.4. The maximum Gasteiger partial charge on any atom is 0.460 e. The minimum atomic E-state index is -8.95. The van der Waals surface area contributed by atoms with Crippen molar-refractivity contribution in [3.8, 4) is 0 Å². The van der Waals surface area contributed by atoms with Gasteiger partial charge in [-0.1, -0.05) is 0 Å². The molecule has 2 nitrogen and oxygen atoms in total. The van der Waals surface area contributed by atoms with E-state index in [1.807, 2.05) is 0 Å². The van der Waals surface area contributed by atoms with Crippen LogP contribution in [0.4, 0.5) is 83.4 Å². The maximum atomic E-state index is 13.4. The number of halogens is 19. The second kappa shape index (κ2) is 8.37. The quantitative estimate of drug-likeness (QED) is 0.225. The van der Waals surface area contributed by atoms with E-state index in [4.69, 9.17) is 0 Å². The molecule has 34 heavy (non-hydrogen) atoms. The van der Waals surface area contributed by atoms with Gasteiger partial charge in [-0.2, -0.15) is 83.4 Å². The van der Waals surface area contributed by atoms with E-state index in [-0.39, 0.29) is 0 Å². The van der Waals surface area contributed by atoms with Crippen molar-refractivity contribution in [1.29, 1.82) is 0 Å².